The molecule has 548 valence electrons. The summed E-state index contributed by atoms with van der Waals surface area (Å²) < 4.78 is 28.8. The molecule has 0 amide bonds. The number of hydrogen-bond donors (Lipinski definition) is 22. The first-order chi connectivity index (χ1) is 42.6. The van der Waals surface area contributed by atoms with Crippen LogP contribution >= 0.6 is 0 Å². The molecule has 0 heterocycles. The number of rotatable bonds is 53. The van der Waals surface area contributed by atoms with Gasteiger partial charge in [0.2, 0.25) is 0 Å². The molecular weight excluding hydrogens is 1170 g/mol. The second kappa shape index (κ2) is 107. The van der Waals surface area contributed by atoms with E-state index >= 15 is 0 Å². The fraction of sp³-hybridized carbons (Fsp3) is 1.00. The quantitative estimate of drug-likeness (QED) is 0.0300. The lowest BCUT2D eigenvalue weighted by atomic mass is 9.93. The van der Waals surface area contributed by atoms with Gasteiger partial charge < -0.3 is 141 Å². The minimum Gasteiger partial charge on any atom is -0.400 e. The second-order valence-corrected chi connectivity index (χ2v) is 20.1. The van der Waals surface area contributed by atoms with E-state index in [1.807, 2.05) is 0 Å². The Hall–Kier alpha value is -1.12. The van der Waals surface area contributed by atoms with Crippen LogP contribution in [-0.4, -0.2) is 337 Å². The van der Waals surface area contributed by atoms with Crippen LogP contribution in [0.15, 0.2) is 0 Å². The minimum atomic E-state index is -1.11. The lowest BCUT2D eigenvalue weighted by Crippen LogP contribution is -2.37. The van der Waals surface area contributed by atoms with Gasteiger partial charge in [0.25, 0.3) is 0 Å². The van der Waals surface area contributed by atoms with Crippen molar-refractivity contribution in [2.45, 2.75) is 149 Å². The van der Waals surface area contributed by atoms with Crippen molar-refractivity contribution < 1.29 is 141 Å². The van der Waals surface area contributed by atoms with Gasteiger partial charge in [0.1, 0.15) is 0 Å². The third kappa shape index (κ3) is 116. The van der Waals surface area contributed by atoms with Crippen LogP contribution in [0.4, 0.5) is 0 Å². The molecule has 0 fully saturated rings. The number of aliphatic hydroxyl groups is 22. The van der Waals surface area contributed by atoms with Gasteiger partial charge in [0, 0.05) is 32.3 Å². The predicted molar refractivity (Wildman–Crippen MR) is 339 cm³/mol. The fourth-order valence-corrected chi connectivity index (χ4v) is 5.25. The van der Waals surface area contributed by atoms with Crippen LogP contribution in [0.5, 0.6) is 0 Å². The van der Waals surface area contributed by atoms with Crippen LogP contribution in [0.3, 0.4) is 0 Å². The molecule has 0 aromatic carbocycles. The van der Waals surface area contributed by atoms with Gasteiger partial charge in [-0.1, -0.05) is 130 Å². The van der Waals surface area contributed by atoms with Crippen molar-refractivity contribution in [3.63, 3.8) is 0 Å². The Morgan fingerprint density at radius 1 is 0.193 bits per heavy atom. The average molecular weight is 1310 g/mol. The van der Waals surface area contributed by atoms with E-state index in [2.05, 4.69) is 16.4 Å². The molecule has 28 heteroatoms. The van der Waals surface area contributed by atoms with E-state index in [4.69, 9.17) is 131 Å². The molecule has 0 aliphatic heterocycles. The van der Waals surface area contributed by atoms with Crippen molar-refractivity contribution in [3.8, 4) is 0 Å². The lowest BCUT2D eigenvalue weighted by Gasteiger charge is -2.23. The number of aliphatic hydroxyl groups excluding tert-OH is 22. The first kappa shape index (κ1) is 108. The van der Waals surface area contributed by atoms with Crippen molar-refractivity contribution in [2.24, 2.45) is 16.2 Å². The molecule has 0 aromatic heterocycles. The minimum absolute atomic E-state index is 0.0278. The summed E-state index contributed by atoms with van der Waals surface area (Å²) in [6, 6.07) is 0. The molecule has 0 saturated heterocycles. The maximum absolute atomic E-state index is 8.67. The summed E-state index contributed by atoms with van der Waals surface area (Å²) in [7, 11) is 1.00. The van der Waals surface area contributed by atoms with Gasteiger partial charge >= 0.3 is 0 Å². The van der Waals surface area contributed by atoms with Crippen molar-refractivity contribution in [2.75, 3.05) is 225 Å². The molecule has 0 atom stereocenters. The van der Waals surface area contributed by atoms with Crippen LogP contribution < -0.4 is 0 Å². The van der Waals surface area contributed by atoms with Gasteiger partial charge in [0.15, 0.2) is 0 Å². The van der Waals surface area contributed by atoms with E-state index in [9.17, 15) is 0 Å². The summed E-state index contributed by atoms with van der Waals surface area (Å²) in [5.41, 5.74) is -2.53. The van der Waals surface area contributed by atoms with Crippen molar-refractivity contribution >= 4 is 0 Å². The summed E-state index contributed by atoms with van der Waals surface area (Å²) in [6.45, 7) is 8.51. The molecule has 0 radical (unpaired) electrons. The average Bonchev–Trinajstić information content (AvgIpc) is 3.62. The van der Waals surface area contributed by atoms with Gasteiger partial charge in [0.05, 0.1) is 209 Å². The SMILES string of the molecule is CC(C)(CO)CO.CCCCCCCCCCCCCCCCCCO.CO.OCC(CO)(CO)CO.OCC(CO)(CO)CO.OCCCCCCO.OCCOCCO.OCCOCCO.OCCOCCOCCO.OCCOCCOCCO. The highest BCUT2D eigenvalue weighted by Gasteiger charge is 2.27. The normalized spacial score (nSPS) is 10.6. The second-order valence-electron chi connectivity index (χ2n) is 20.1. The summed E-state index contributed by atoms with van der Waals surface area (Å²) in [4.78, 5) is 0. The van der Waals surface area contributed by atoms with Crippen molar-refractivity contribution in [1.29, 1.82) is 0 Å². The van der Waals surface area contributed by atoms with Gasteiger partial charge in [-0.2, -0.15) is 0 Å². The van der Waals surface area contributed by atoms with Crippen LogP contribution in [0.1, 0.15) is 149 Å². The molecule has 0 aromatic rings. The molecule has 0 bridgehead atoms. The maximum Gasteiger partial charge on any atom is 0.0701 e. The first-order valence-corrected chi connectivity index (χ1v) is 31.3. The zero-order valence-electron chi connectivity index (χ0n) is 55.3. The summed E-state index contributed by atoms with van der Waals surface area (Å²) in [6.07, 6.45) is 26.0. The Bertz CT molecular complexity index is 895. The van der Waals surface area contributed by atoms with Gasteiger partial charge in [-0.05, 0) is 19.3 Å². The van der Waals surface area contributed by atoms with Gasteiger partial charge in [-0.3, -0.25) is 0 Å². The van der Waals surface area contributed by atoms with Crippen LogP contribution in [0.2, 0.25) is 0 Å². The van der Waals surface area contributed by atoms with Crippen LogP contribution in [0, 0.1) is 16.2 Å². The van der Waals surface area contributed by atoms with E-state index in [-0.39, 0.29) is 84.7 Å². The molecule has 28 nitrogen and oxygen atoms in total. The van der Waals surface area contributed by atoms with E-state index in [1.165, 1.54) is 96.3 Å². The maximum atomic E-state index is 8.67. The first-order valence-electron chi connectivity index (χ1n) is 31.3. The Labute approximate surface area is 529 Å². The summed E-state index contributed by atoms with van der Waals surface area (Å²) >= 11 is 0. The zero-order chi connectivity index (χ0) is 69.2. The predicted octanol–water partition coefficient (Wildman–Crippen LogP) is -1.76. The molecule has 88 heavy (non-hydrogen) atoms. The molecule has 22 N–H and O–H groups in total. The molecule has 0 unspecified atom stereocenters. The Morgan fingerprint density at radius 2 is 0.341 bits per heavy atom. The molecule has 0 aliphatic rings. The molecule has 0 spiro atoms. The Balaban J connectivity index is -0.0000000990. The molecule has 0 aliphatic carbocycles. The van der Waals surface area contributed by atoms with Gasteiger partial charge in [-0.25, -0.2) is 0 Å². The molecule has 0 rings (SSSR count). The highest BCUT2D eigenvalue weighted by Crippen LogP contribution is 2.15. The summed E-state index contributed by atoms with van der Waals surface area (Å²) in [5, 5.41) is 183. The van der Waals surface area contributed by atoms with Crippen LogP contribution in [0.25, 0.3) is 0 Å². The highest BCUT2D eigenvalue weighted by atomic mass is 16.5. The molecule has 0 saturated carbocycles. The van der Waals surface area contributed by atoms with Crippen molar-refractivity contribution in [3.05, 3.63) is 0 Å². The van der Waals surface area contributed by atoms with E-state index in [0.29, 0.717) is 85.9 Å². The summed E-state index contributed by atoms with van der Waals surface area (Å²) in [5.74, 6) is 0. The fourth-order valence-electron chi connectivity index (χ4n) is 5.25. The van der Waals surface area contributed by atoms with E-state index < -0.39 is 63.7 Å². The van der Waals surface area contributed by atoms with Gasteiger partial charge in [-0.15, -0.1) is 0 Å². The molecular formula is C60H140O28. The topological polar surface area (TPSA) is 500 Å². The van der Waals surface area contributed by atoms with Crippen LogP contribution in [-0.2, 0) is 28.4 Å². The third-order valence-electron chi connectivity index (χ3n) is 11.2. The largest absolute Gasteiger partial charge is 0.400 e. The Morgan fingerprint density at radius 3 is 0.443 bits per heavy atom. The van der Waals surface area contributed by atoms with E-state index in [1.54, 1.807) is 13.8 Å². The number of hydrogen-bond acceptors (Lipinski definition) is 28. The zero-order valence-corrected chi connectivity index (χ0v) is 55.3. The smallest absolute Gasteiger partial charge is 0.0701 e. The lowest BCUT2D eigenvalue weighted by molar-refractivity contribution is -0.0332. The standard InChI is InChI=1S/C18H38O.2C6H14O4.C6H14O2.2C5H12O4.C5H12O2.2C4H10O3.CH4O/c1-2-3-4-5-6-7-8-9-10-11-12-13-14-15-16-17-18-19;2*7-1-3-9-5-6-10-4-2-8;7-5-3-1-2-4-6-8;2*6-1-5(2-7,3-8)4-9;1-5(2,3-6)4-7;2*5-1-3-7-4-2-6;1-2/h19H,2-18H2,1H3;2*7-8H,1-6H2;7-8H,1-6H2;2*6-9H,1-4H2;6-7H,3-4H2,1-2H3;2*5-6H,1-4H2;2H,1H3. The third-order valence-corrected chi connectivity index (χ3v) is 11.2. The highest BCUT2D eigenvalue weighted by molar-refractivity contribution is 4.75. The number of unbranched alkanes of at least 4 members (excludes halogenated alkanes) is 18. The monoisotopic (exact) mass is 1310 g/mol. The van der Waals surface area contributed by atoms with E-state index in [0.717, 1.165) is 39.2 Å². The van der Waals surface area contributed by atoms with Crippen molar-refractivity contribution in [1.82, 2.24) is 0 Å². The Kier molecular flexibility index (Phi) is 132. The number of ether oxygens (including phenoxy) is 6.